The first-order valence-corrected chi connectivity index (χ1v) is 6.69. The summed E-state index contributed by atoms with van der Waals surface area (Å²) in [6, 6.07) is 12.5. The normalized spacial score (nSPS) is 9.85. The Labute approximate surface area is 125 Å². The third kappa shape index (κ3) is 2.65. The van der Waals surface area contributed by atoms with E-state index in [0.717, 1.165) is 5.56 Å². The van der Waals surface area contributed by atoms with Crippen molar-refractivity contribution in [1.82, 2.24) is 0 Å². The molecule has 3 N–H and O–H groups in total. The number of hydrogen-bond donors (Lipinski definition) is 2. The summed E-state index contributed by atoms with van der Waals surface area (Å²) in [4.78, 5) is 12.3. The van der Waals surface area contributed by atoms with Gasteiger partial charge in [0.05, 0.1) is 21.3 Å². The quantitative estimate of drug-likeness (QED) is 0.828. The van der Waals surface area contributed by atoms with E-state index in [2.05, 4.69) is 27.3 Å². The third-order valence-electron chi connectivity index (χ3n) is 2.91. The summed E-state index contributed by atoms with van der Waals surface area (Å²) in [6.07, 6.45) is 0. The van der Waals surface area contributed by atoms with Crippen LogP contribution in [-0.2, 0) is 0 Å². The molecule has 0 atom stereocenters. The number of anilines is 2. The number of aryl methyl sites for hydroxylation is 1. The predicted octanol–water partition coefficient (Wildman–Crippen LogP) is 3.46. The van der Waals surface area contributed by atoms with Gasteiger partial charge < -0.3 is 11.1 Å². The van der Waals surface area contributed by atoms with Gasteiger partial charge in [-0.3, -0.25) is 4.79 Å². The fraction of sp³-hybridized carbons (Fsp3) is 0.0667. The van der Waals surface area contributed by atoms with Gasteiger partial charge in [-0.2, -0.15) is 5.26 Å². The van der Waals surface area contributed by atoms with E-state index in [1.54, 1.807) is 30.3 Å². The fourth-order valence-electron chi connectivity index (χ4n) is 1.84. The van der Waals surface area contributed by atoms with Crippen LogP contribution in [0.5, 0.6) is 0 Å². The molecule has 0 unspecified atom stereocenters. The average Bonchev–Trinajstić information content (AvgIpc) is 2.42. The zero-order valence-electron chi connectivity index (χ0n) is 10.8. The summed E-state index contributed by atoms with van der Waals surface area (Å²) in [6.45, 7) is 1.82. The number of hydrogen-bond acceptors (Lipinski definition) is 3. The molecule has 0 fully saturated rings. The van der Waals surface area contributed by atoms with Gasteiger partial charge in [0.2, 0.25) is 0 Å². The van der Waals surface area contributed by atoms with Gasteiger partial charge in [-0.15, -0.1) is 0 Å². The maximum absolute atomic E-state index is 12.3. The van der Waals surface area contributed by atoms with Crippen LogP contribution in [-0.4, -0.2) is 5.91 Å². The smallest absolute Gasteiger partial charge is 0.256 e. The third-order valence-corrected chi connectivity index (χ3v) is 3.79. The monoisotopic (exact) mass is 329 g/mol. The molecule has 0 aliphatic carbocycles. The highest BCUT2D eigenvalue weighted by Gasteiger charge is 2.14. The molecule has 1 amide bonds. The molecule has 0 aromatic heterocycles. The second-order valence-electron chi connectivity index (χ2n) is 4.27. The Balaban J connectivity index is 2.36. The number of carbonyl (C=O) groups excluding carboxylic acids is 1. The molecule has 5 heteroatoms. The number of nitrogens with zero attached hydrogens (tertiary/aromatic N) is 1. The minimum Gasteiger partial charge on any atom is -0.398 e. The van der Waals surface area contributed by atoms with Gasteiger partial charge in [-0.05, 0) is 46.6 Å². The molecule has 0 heterocycles. The summed E-state index contributed by atoms with van der Waals surface area (Å²) in [5.74, 6) is -0.314. The van der Waals surface area contributed by atoms with Crippen LogP contribution >= 0.6 is 15.9 Å². The highest BCUT2D eigenvalue weighted by atomic mass is 79.9. The molecule has 0 aliphatic heterocycles. The summed E-state index contributed by atoms with van der Waals surface area (Å²) in [7, 11) is 0. The maximum atomic E-state index is 12.3. The topological polar surface area (TPSA) is 78.9 Å². The second-order valence-corrected chi connectivity index (χ2v) is 5.07. The number of nitrogens with one attached hydrogen (secondary N) is 1. The maximum Gasteiger partial charge on any atom is 0.256 e. The van der Waals surface area contributed by atoms with E-state index >= 15 is 0 Å². The van der Waals surface area contributed by atoms with Crippen molar-refractivity contribution in [2.45, 2.75) is 6.92 Å². The highest BCUT2D eigenvalue weighted by Crippen LogP contribution is 2.25. The number of nitriles is 1. The fourth-order valence-corrected chi connectivity index (χ4v) is 2.28. The van der Waals surface area contributed by atoms with E-state index in [9.17, 15) is 4.79 Å². The van der Waals surface area contributed by atoms with Crippen molar-refractivity contribution in [3.8, 4) is 6.07 Å². The van der Waals surface area contributed by atoms with Crippen LogP contribution in [0.1, 0.15) is 21.5 Å². The van der Waals surface area contributed by atoms with Crippen LogP contribution in [0.3, 0.4) is 0 Å². The van der Waals surface area contributed by atoms with Crippen molar-refractivity contribution < 1.29 is 4.79 Å². The number of rotatable bonds is 2. The van der Waals surface area contributed by atoms with Crippen molar-refractivity contribution >= 4 is 33.2 Å². The van der Waals surface area contributed by atoms with Crippen molar-refractivity contribution in [3.05, 3.63) is 57.6 Å². The lowest BCUT2D eigenvalue weighted by Gasteiger charge is -2.10. The van der Waals surface area contributed by atoms with Crippen molar-refractivity contribution in [1.29, 1.82) is 5.26 Å². The zero-order valence-corrected chi connectivity index (χ0v) is 12.4. The molecule has 0 saturated heterocycles. The van der Waals surface area contributed by atoms with Gasteiger partial charge in [-0.25, -0.2) is 0 Å². The summed E-state index contributed by atoms with van der Waals surface area (Å²) in [5, 5.41) is 11.9. The minimum absolute atomic E-state index is 0.314. The lowest BCUT2D eigenvalue weighted by atomic mass is 10.1. The first-order valence-electron chi connectivity index (χ1n) is 5.89. The molecule has 0 radical (unpaired) electrons. The Kier molecular flexibility index (Phi) is 4.06. The summed E-state index contributed by atoms with van der Waals surface area (Å²) < 4.78 is 0.545. The van der Waals surface area contributed by atoms with Gasteiger partial charge in [0.25, 0.3) is 5.91 Å². The van der Waals surface area contributed by atoms with Gasteiger partial charge in [-0.1, -0.05) is 18.2 Å². The Bertz CT molecular complexity index is 720. The predicted molar refractivity (Wildman–Crippen MR) is 82.4 cm³/mol. The van der Waals surface area contributed by atoms with Gasteiger partial charge in [0, 0.05) is 5.69 Å². The van der Waals surface area contributed by atoms with E-state index < -0.39 is 0 Å². The standard InChI is InChI=1S/C15H12BrN3O/c1-9-4-2-7-13(11(9)8-17)19-15(20)10-5-3-6-12(18)14(10)16/h2-7H,18H2,1H3,(H,19,20). The van der Waals surface area contributed by atoms with Crippen LogP contribution in [0.2, 0.25) is 0 Å². The van der Waals surface area contributed by atoms with E-state index in [-0.39, 0.29) is 5.91 Å². The SMILES string of the molecule is Cc1cccc(NC(=O)c2cccc(N)c2Br)c1C#N. The number of nitrogens with two attached hydrogens (primary N) is 1. The van der Waals surface area contributed by atoms with Crippen LogP contribution in [0.15, 0.2) is 40.9 Å². The number of halogens is 1. The highest BCUT2D eigenvalue weighted by molar-refractivity contribution is 9.10. The minimum atomic E-state index is -0.314. The number of amides is 1. The molecule has 0 aliphatic rings. The Morgan fingerprint density at radius 2 is 2.00 bits per heavy atom. The van der Waals surface area contributed by atoms with Gasteiger partial charge >= 0.3 is 0 Å². The van der Waals surface area contributed by atoms with E-state index in [1.165, 1.54) is 0 Å². The van der Waals surface area contributed by atoms with E-state index in [0.29, 0.717) is 27.0 Å². The average molecular weight is 330 g/mol. The number of benzene rings is 2. The molecule has 20 heavy (non-hydrogen) atoms. The number of nitrogen functional groups attached to an aromatic ring is 1. The Morgan fingerprint density at radius 3 is 2.70 bits per heavy atom. The molecule has 2 aromatic carbocycles. The largest absolute Gasteiger partial charge is 0.398 e. The molecule has 2 aromatic rings. The van der Waals surface area contributed by atoms with Gasteiger partial charge in [0.15, 0.2) is 0 Å². The van der Waals surface area contributed by atoms with Gasteiger partial charge in [0.1, 0.15) is 6.07 Å². The van der Waals surface area contributed by atoms with Crippen LogP contribution in [0.4, 0.5) is 11.4 Å². The Morgan fingerprint density at radius 1 is 1.30 bits per heavy atom. The van der Waals surface area contributed by atoms with Crippen LogP contribution in [0.25, 0.3) is 0 Å². The molecule has 0 saturated carbocycles. The van der Waals surface area contributed by atoms with Crippen molar-refractivity contribution in [3.63, 3.8) is 0 Å². The molecule has 4 nitrogen and oxygen atoms in total. The molecular weight excluding hydrogens is 318 g/mol. The van der Waals surface area contributed by atoms with E-state index in [1.807, 2.05) is 13.0 Å². The molecule has 0 bridgehead atoms. The van der Waals surface area contributed by atoms with Crippen molar-refractivity contribution in [2.75, 3.05) is 11.1 Å². The summed E-state index contributed by atoms with van der Waals surface area (Å²) in [5.41, 5.74) is 8.44. The lowest BCUT2D eigenvalue weighted by Crippen LogP contribution is -2.14. The summed E-state index contributed by atoms with van der Waals surface area (Å²) >= 11 is 3.29. The first-order chi connectivity index (χ1) is 9.54. The number of carbonyl (C=O) groups is 1. The van der Waals surface area contributed by atoms with E-state index in [4.69, 9.17) is 11.0 Å². The first kappa shape index (κ1) is 14.1. The van der Waals surface area contributed by atoms with Crippen LogP contribution < -0.4 is 11.1 Å². The zero-order chi connectivity index (χ0) is 14.7. The molecule has 2 rings (SSSR count). The molecule has 0 spiro atoms. The van der Waals surface area contributed by atoms with Crippen LogP contribution in [0, 0.1) is 18.3 Å². The molecule has 100 valence electrons. The Hall–Kier alpha value is -2.32. The molecular formula is C15H12BrN3O. The lowest BCUT2D eigenvalue weighted by molar-refractivity contribution is 0.102. The second kappa shape index (κ2) is 5.76. The van der Waals surface area contributed by atoms with Crippen molar-refractivity contribution in [2.24, 2.45) is 0 Å².